The van der Waals surface area contributed by atoms with Crippen molar-refractivity contribution in [2.24, 2.45) is 22.9 Å². The highest BCUT2D eigenvalue weighted by molar-refractivity contribution is 6.03. The van der Waals surface area contributed by atoms with Gasteiger partial charge in [0, 0.05) is 56.3 Å². The van der Waals surface area contributed by atoms with E-state index in [1.807, 2.05) is 6.07 Å². The largest absolute Gasteiger partial charge is 0.459 e. The fourth-order valence-corrected chi connectivity index (χ4v) is 12.5. The van der Waals surface area contributed by atoms with Crippen LogP contribution < -0.4 is 14.8 Å². The molecule has 6 atom stereocenters. The molecular formula is C67H97FN4O11. The number of unbranched alkanes of at least 4 members (excludes halogenated alkanes) is 20. The number of rotatable bonds is 41. The highest BCUT2D eigenvalue weighted by atomic mass is 19.1. The Hall–Kier alpha value is -5.84. The molecule has 15 nitrogen and oxygen atoms in total. The Morgan fingerprint density at radius 1 is 0.795 bits per heavy atom. The van der Waals surface area contributed by atoms with Gasteiger partial charge in [-0.1, -0.05) is 172 Å². The van der Waals surface area contributed by atoms with Gasteiger partial charge in [-0.3, -0.25) is 15.0 Å². The Balaban J connectivity index is 1.40. The van der Waals surface area contributed by atoms with Gasteiger partial charge < -0.3 is 39.3 Å². The zero-order valence-corrected chi connectivity index (χ0v) is 49.9. The molecule has 458 valence electrons. The maximum atomic E-state index is 15.2. The number of nitrogens with one attached hydrogen (secondary N) is 1. The zero-order chi connectivity index (χ0) is 59.1. The van der Waals surface area contributed by atoms with Crippen molar-refractivity contribution < 1.29 is 52.9 Å². The van der Waals surface area contributed by atoms with Crippen molar-refractivity contribution in [3.8, 4) is 11.5 Å². The lowest BCUT2D eigenvalue weighted by Gasteiger charge is -2.59. The number of hydrogen-bond donors (Lipinski definition) is 3. The Morgan fingerprint density at radius 2 is 1.40 bits per heavy atom. The summed E-state index contributed by atoms with van der Waals surface area (Å²) in [4.78, 5) is 47.7. The number of non-ortho nitro benzene ring substituents is 1. The number of nitrogens with zero attached hydrogens (tertiary/aromatic N) is 3. The number of nitro benzene ring substituents is 1. The predicted octanol–water partition coefficient (Wildman–Crippen LogP) is 16.1. The number of halogens is 1. The molecule has 3 aliphatic rings. The van der Waals surface area contributed by atoms with Crippen LogP contribution in [-0.4, -0.2) is 82.7 Å². The second-order valence-corrected chi connectivity index (χ2v) is 23.0. The average Bonchev–Trinajstić information content (AvgIpc) is 2.09. The predicted molar refractivity (Wildman–Crippen MR) is 324 cm³/mol. The van der Waals surface area contributed by atoms with Crippen LogP contribution in [0.1, 0.15) is 210 Å². The van der Waals surface area contributed by atoms with Gasteiger partial charge in [0.25, 0.3) is 5.69 Å². The molecule has 0 aromatic heterocycles. The molecule has 1 saturated carbocycles. The summed E-state index contributed by atoms with van der Waals surface area (Å²) in [7, 11) is 0. The van der Waals surface area contributed by atoms with Crippen LogP contribution in [0.25, 0.3) is 0 Å². The minimum absolute atomic E-state index is 0.00464. The number of carbonyl (C=O) groups excluding carboxylic acids is 2. The Morgan fingerprint density at radius 3 is 2.01 bits per heavy atom. The van der Waals surface area contributed by atoms with Gasteiger partial charge >= 0.3 is 12.2 Å². The first-order valence-electron chi connectivity index (χ1n) is 31.6. The topological polar surface area (TPSA) is 192 Å². The van der Waals surface area contributed by atoms with Crippen LogP contribution in [0.5, 0.6) is 11.5 Å². The monoisotopic (exact) mass is 1150 g/mol. The number of nitro groups is 1. The third kappa shape index (κ3) is 20.4. The number of hydrogen-bond acceptors (Lipinski definition) is 12. The van der Waals surface area contributed by atoms with Crippen LogP contribution in [-0.2, 0) is 27.5 Å². The molecule has 0 saturated heterocycles. The highest BCUT2D eigenvalue weighted by Crippen LogP contribution is 2.62. The van der Waals surface area contributed by atoms with E-state index in [0.717, 1.165) is 56.1 Å². The molecule has 0 radical (unpaired) electrons. The maximum absolute atomic E-state index is 15.2. The van der Waals surface area contributed by atoms with E-state index in [-0.39, 0.29) is 63.5 Å². The summed E-state index contributed by atoms with van der Waals surface area (Å²) in [6.45, 7) is 9.24. The zero-order valence-electron chi connectivity index (χ0n) is 49.9. The van der Waals surface area contributed by atoms with Gasteiger partial charge in [-0.25, -0.2) is 14.0 Å². The number of allylic oxidation sites excluding steroid dienone is 1. The van der Waals surface area contributed by atoms with Crippen LogP contribution in [0.15, 0.2) is 96.2 Å². The summed E-state index contributed by atoms with van der Waals surface area (Å²) in [5.74, 6) is -2.54. The number of fused-ring (bicyclic) bond motifs is 2. The average molecular weight is 1150 g/mol. The number of ether oxygens (including phenoxy) is 4. The first-order valence-corrected chi connectivity index (χ1v) is 31.6. The molecule has 0 spiro atoms. The summed E-state index contributed by atoms with van der Waals surface area (Å²) >= 11 is 0. The van der Waals surface area contributed by atoms with Crippen LogP contribution in [0.2, 0.25) is 0 Å². The van der Waals surface area contributed by atoms with Crippen LogP contribution >= 0.6 is 0 Å². The Bertz CT molecular complexity index is 2470. The molecule has 3 aromatic rings. The van der Waals surface area contributed by atoms with E-state index in [1.165, 1.54) is 108 Å². The van der Waals surface area contributed by atoms with Crippen molar-refractivity contribution in [2.75, 3.05) is 33.0 Å². The van der Waals surface area contributed by atoms with E-state index >= 15 is 4.79 Å². The lowest BCUT2D eigenvalue weighted by atomic mass is 9.55. The Labute approximate surface area is 493 Å². The van der Waals surface area contributed by atoms with E-state index in [9.17, 15) is 29.5 Å². The molecule has 1 aliphatic heterocycles. The third-order valence-electron chi connectivity index (χ3n) is 16.8. The molecule has 3 aromatic carbocycles. The molecular weight excluding hydrogens is 1060 g/mol. The maximum Gasteiger partial charge on any atom is 0.412 e. The van der Waals surface area contributed by atoms with E-state index < -0.39 is 46.6 Å². The number of oxime groups is 1. The smallest absolute Gasteiger partial charge is 0.412 e. The summed E-state index contributed by atoms with van der Waals surface area (Å²) in [5.41, 5.74) is 3.34. The first kappa shape index (κ1) is 66.3. The molecule has 2 aliphatic carbocycles. The third-order valence-corrected chi connectivity index (χ3v) is 16.8. The van der Waals surface area contributed by atoms with Gasteiger partial charge in [0.05, 0.1) is 29.8 Å². The SMILES string of the molecule is C=CCO[C@@]12Oc3ccc(OC(=O)NCCCCCCCCCCCC)cc3[C@H]3[C@H](CCCCO)[C@@H](CCCCO)C=C(C(=NOCc4ccc([N+](=O)[O-])cc4)C[C@@H]1N(Cc1ccc(F)cc1)C(=O)OCCCCCCCCCCCC)[C@H]32. The highest BCUT2D eigenvalue weighted by Gasteiger charge is 2.66. The van der Waals surface area contributed by atoms with Gasteiger partial charge in [-0.05, 0) is 110 Å². The summed E-state index contributed by atoms with van der Waals surface area (Å²) in [6, 6.07) is 16.6. The van der Waals surface area contributed by atoms with Crippen LogP contribution in [0, 0.1) is 33.7 Å². The lowest BCUT2D eigenvalue weighted by molar-refractivity contribution is -0.384. The number of carbonyl (C=O) groups is 2. The molecule has 83 heavy (non-hydrogen) atoms. The van der Waals surface area contributed by atoms with Crippen molar-refractivity contribution >= 4 is 23.6 Å². The number of aliphatic hydroxyl groups excluding tert-OH is 2. The van der Waals surface area contributed by atoms with Crippen molar-refractivity contribution in [2.45, 2.75) is 218 Å². The van der Waals surface area contributed by atoms with E-state index in [2.05, 4.69) is 31.8 Å². The van der Waals surface area contributed by atoms with E-state index in [0.29, 0.717) is 73.4 Å². The van der Waals surface area contributed by atoms with Crippen molar-refractivity contribution in [3.63, 3.8) is 0 Å². The van der Waals surface area contributed by atoms with Crippen LogP contribution in [0.3, 0.4) is 0 Å². The minimum Gasteiger partial charge on any atom is -0.459 e. The van der Waals surface area contributed by atoms with Gasteiger partial charge in [0.15, 0.2) is 0 Å². The van der Waals surface area contributed by atoms with Crippen molar-refractivity contribution in [1.29, 1.82) is 0 Å². The standard InChI is InChI=1S/C67H97FN4O11/c1-4-7-9-11-13-15-17-19-21-25-41-69-65(75)82-56-39-40-61-59(47-56)63-57(30-24-27-43-74)53(29-23-26-42-73)46-58-60(70-81-50-52-33-37-55(38-34-52)72(77)78)48-62(67(83-61,64(58)63)80-44-6-3)71(49-51-31-35-54(68)36-32-51)66(76)79-45-28-22-20-18-16-14-12-10-8-5-2/h6,31-40,46-47,53,57,62-64,73-74H,3-5,7-30,41-45,48-50H2,1-2H3,(H,69,75)/t53-,57+,62-,63+,64+,67+/m0/s1. The molecule has 16 heteroatoms. The molecule has 1 heterocycles. The molecule has 3 N–H and O–H groups in total. The molecule has 1 fully saturated rings. The van der Waals surface area contributed by atoms with Gasteiger partial charge in [0.1, 0.15) is 30.0 Å². The molecule has 0 bridgehead atoms. The lowest BCUT2D eigenvalue weighted by Crippen LogP contribution is -2.70. The second kappa shape index (κ2) is 36.8. The van der Waals surface area contributed by atoms with Crippen LogP contribution in [0.4, 0.5) is 19.7 Å². The first-order chi connectivity index (χ1) is 40.6. The molecule has 2 amide bonds. The van der Waals surface area contributed by atoms with E-state index in [4.69, 9.17) is 28.9 Å². The summed E-state index contributed by atoms with van der Waals surface area (Å²) < 4.78 is 41.6. The summed E-state index contributed by atoms with van der Waals surface area (Å²) in [6.07, 6.45) is 29.8. The van der Waals surface area contributed by atoms with Gasteiger partial charge in [-0.2, -0.15) is 0 Å². The molecule has 6 rings (SSSR count). The van der Waals surface area contributed by atoms with E-state index in [1.54, 1.807) is 47.4 Å². The second-order valence-electron chi connectivity index (χ2n) is 23.0. The Kier molecular flexibility index (Phi) is 29.4. The minimum atomic E-state index is -1.63. The number of aliphatic hydroxyl groups is 2. The fraction of sp³-hybridized carbons (Fsp3) is 0.627. The summed E-state index contributed by atoms with van der Waals surface area (Å²) in [5, 5.41) is 39.7. The van der Waals surface area contributed by atoms with Gasteiger partial charge in [-0.15, -0.1) is 6.58 Å². The van der Waals surface area contributed by atoms with Crippen molar-refractivity contribution in [1.82, 2.24) is 10.2 Å². The normalized spacial score (nSPS) is 20.1. The number of benzene rings is 3. The number of amides is 2. The van der Waals surface area contributed by atoms with Crippen molar-refractivity contribution in [3.05, 3.63) is 124 Å². The quantitative estimate of drug-likeness (QED) is 0.0212. The van der Waals surface area contributed by atoms with Gasteiger partial charge in [0.2, 0.25) is 5.79 Å². The fourth-order valence-electron chi connectivity index (χ4n) is 12.5. The molecule has 0 unspecified atom stereocenters.